The maximum atomic E-state index is 12.6. The number of aromatic amines is 1. The van der Waals surface area contributed by atoms with Gasteiger partial charge in [0.05, 0.1) is 28.7 Å². The first-order valence-electron chi connectivity index (χ1n) is 10.9. The number of urea groups is 1. The second kappa shape index (κ2) is 8.35. The van der Waals surface area contributed by atoms with Crippen LogP contribution in [0.15, 0.2) is 18.2 Å². The SMILES string of the molecule is O=C(CCCC[C@H]1SC[C@@H]2NC(=O)N[C@@H]21)N[C@@H]1CCCc2c1[nH]c1c(Cl)cccc21. The van der Waals surface area contributed by atoms with Gasteiger partial charge in [-0.05, 0) is 43.7 Å². The third-order valence-corrected chi connectivity index (χ3v) is 8.43. The van der Waals surface area contributed by atoms with Gasteiger partial charge in [-0.2, -0.15) is 11.8 Å². The van der Waals surface area contributed by atoms with E-state index in [9.17, 15) is 9.59 Å². The molecule has 2 fully saturated rings. The average molecular weight is 447 g/mol. The Morgan fingerprint density at radius 3 is 3.07 bits per heavy atom. The number of H-pyrrole nitrogens is 1. The maximum Gasteiger partial charge on any atom is 0.315 e. The number of aryl methyl sites for hydroxylation is 1. The molecular weight excluding hydrogens is 420 g/mol. The molecule has 4 atom stereocenters. The number of thioether (sulfide) groups is 1. The summed E-state index contributed by atoms with van der Waals surface area (Å²) in [5.41, 5.74) is 3.39. The van der Waals surface area contributed by atoms with Crippen molar-refractivity contribution in [2.45, 2.75) is 68.3 Å². The molecule has 4 N–H and O–H groups in total. The van der Waals surface area contributed by atoms with Crippen molar-refractivity contribution in [3.8, 4) is 0 Å². The normalized spacial score (nSPS) is 27.4. The van der Waals surface area contributed by atoms with Crippen molar-refractivity contribution in [1.82, 2.24) is 20.9 Å². The molecule has 5 rings (SSSR count). The van der Waals surface area contributed by atoms with Crippen LogP contribution in [0, 0.1) is 0 Å². The van der Waals surface area contributed by atoms with Gasteiger partial charge in [-0.1, -0.05) is 30.2 Å². The predicted molar refractivity (Wildman–Crippen MR) is 121 cm³/mol. The smallest absolute Gasteiger partial charge is 0.315 e. The highest BCUT2D eigenvalue weighted by molar-refractivity contribution is 8.00. The maximum absolute atomic E-state index is 12.6. The summed E-state index contributed by atoms with van der Waals surface area (Å²) >= 11 is 8.29. The van der Waals surface area contributed by atoms with Crippen LogP contribution in [0.4, 0.5) is 4.79 Å². The summed E-state index contributed by atoms with van der Waals surface area (Å²) in [6.45, 7) is 0. The van der Waals surface area contributed by atoms with Crippen molar-refractivity contribution in [3.05, 3.63) is 34.5 Å². The van der Waals surface area contributed by atoms with Crippen LogP contribution >= 0.6 is 23.4 Å². The summed E-state index contributed by atoms with van der Waals surface area (Å²) in [5.74, 6) is 1.10. The Kier molecular flexibility index (Phi) is 5.58. The van der Waals surface area contributed by atoms with Crippen LogP contribution in [-0.2, 0) is 11.2 Å². The Morgan fingerprint density at radius 1 is 1.27 bits per heavy atom. The molecule has 3 heterocycles. The molecule has 1 aromatic carbocycles. The summed E-state index contributed by atoms with van der Waals surface area (Å²) in [6.07, 6.45) is 6.50. The topological polar surface area (TPSA) is 86.0 Å². The van der Waals surface area contributed by atoms with Crippen LogP contribution in [0.2, 0.25) is 5.02 Å². The number of nitrogens with one attached hydrogen (secondary N) is 4. The van der Waals surface area contributed by atoms with E-state index in [0.29, 0.717) is 11.7 Å². The molecule has 0 spiro atoms. The van der Waals surface area contributed by atoms with Crippen molar-refractivity contribution in [1.29, 1.82) is 0 Å². The van der Waals surface area contributed by atoms with Gasteiger partial charge in [-0.25, -0.2) is 4.79 Å². The summed E-state index contributed by atoms with van der Waals surface area (Å²) in [6, 6.07) is 6.49. The van der Waals surface area contributed by atoms with Crippen LogP contribution in [0.1, 0.15) is 55.8 Å². The van der Waals surface area contributed by atoms with Gasteiger partial charge in [0.1, 0.15) is 0 Å². The number of hydrogen-bond donors (Lipinski definition) is 4. The lowest BCUT2D eigenvalue weighted by atomic mass is 9.91. The van der Waals surface area contributed by atoms with Gasteiger partial charge in [-0.3, -0.25) is 4.79 Å². The molecule has 2 saturated heterocycles. The summed E-state index contributed by atoms with van der Waals surface area (Å²) in [4.78, 5) is 27.6. The zero-order valence-electron chi connectivity index (χ0n) is 16.8. The van der Waals surface area contributed by atoms with Crippen molar-refractivity contribution >= 4 is 46.2 Å². The molecule has 1 aliphatic carbocycles. The van der Waals surface area contributed by atoms with E-state index in [1.807, 2.05) is 23.9 Å². The average Bonchev–Trinajstić information content (AvgIpc) is 3.39. The van der Waals surface area contributed by atoms with Gasteiger partial charge in [0.2, 0.25) is 5.91 Å². The number of rotatable bonds is 6. The van der Waals surface area contributed by atoms with Crippen molar-refractivity contribution in [3.63, 3.8) is 0 Å². The molecule has 0 saturated carbocycles. The lowest BCUT2D eigenvalue weighted by Gasteiger charge is -2.24. The van der Waals surface area contributed by atoms with Crippen LogP contribution < -0.4 is 16.0 Å². The molecule has 8 heteroatoms. The molecule has 0 unspecified atom stereocenters. The van der Waals surface area contributed by atoms with Crippen LogP contribution in [0.25, 0.3) is 10.9 Å². The minimum absolute atomic E-state index is 0.0376. The molecule has 0 radical (unpaired) electrons. The van der Waals surface area contributed by atoms with Gasteiger partial charge in [-0.15, -0.1) is 0 Å². The van der Waals surface area contributed by atoms with Crippen LogP contribution in [0.3, 0.4) is 0 Å². The fourth-order valence-corrected chi connectivity index (χ4v) is 6.90. The first-order valence-corrected chi connectivity index (χ1v) is 12.3. The lowest BCUT2D eigenvalue weighted by molar-refractivity contribution is -0.122. The van der Waals surface area contributed by atoms with Crippen molar-refractivity contribution < 1.29 is 9.59 Å². The minimum atomic E-state index is -0.0419. The fraction of sp³-hybridized carbons (Fsp3) is 0.545. The number of unbranched alkanes of at least 4 members (excludes halogenated alkanes) is 1. The second-order valence-electron chi connectivity index (χ2n) is 8.56. The zero-order valence-corrected chi connectivity index (χ0v) is 18.4. The quantitative estimate of drug-likeness (QED) is 0.399. The van der Waals surface area contributed by atoms with Crippen molar-refractivity contribution in [2.24, 2.45) is 0 Å². The van der Waals surface area contributed by atoms with E-state index in [0.717, 1.165) is 60.5 Å². The van der Waals surface area contributed by atoms with Crippen LogP contribution in [-0.4, -0.2) is 40.0 Å². The van der Waals surface area contributed by atoms with Gasteiger partial charge >= 0.3 is 6.03 Å². The van der Waals surface area contributed by atoms with E-state index in [1.54, 1.807) is 0 Å². The van der Waals surface area contributed by atoms with Crippen LogP contribution in [0.5, 0.6) is 0 Å². The minimum Gasteiger partial charge on any atom is -0.355 e. The van der Waals surface area contributed by atoms with E-state index in [1.165, 1.54) is 10.9 Å². The largest absolute Gasteiger partial charge is 0.355 e. The van der Waals surface area contributed by atoms with E-state index in [4.69, 9.17) is 11.6 Å². The molecule has 3 amide bonds. The van der Waals surface area contributed by atoms with Crippen molar-refractivity contribution in [2.75, 3.05) is 5.75 Å². The van der Waals surface area contributed by atoms with Gasteiger partial charge < -0.3 is 20.9 Å². The van der Waals surface area contributed by atoms with E-state index in [-0.39, 0.29) is 30.1 Å². The second-order valence-corrected chi connectivity index (χ2v) is 10.2. The van der Waals surface area contributed by atoms with E-state index in [2.05, 4.69) is 27.0 Å². The highest BCUT2D eigenvalue weighted by Crippen LogP contribution is 2.37. The summed E-state index contributed by atoms with van der Waals surface area (Å²) < 4.78 is 0. The number of carbonyl (C=O) groups is 2. The lowest BCUT2D eigenvalue weighted by Crippen LogP contribution is -2.36. The molecule has 1 aromatic heterocycles. The Balaban J connectivity index is 1.13. The highest BCUT2D eigenvalue weighted by Gasteiger charge is 2.42. The Hall–Kier alpha value is -1.86. The number of halogens is 1. The molecule has 2 aromatic rings. The standard InChI is InChI=1S/C22H27ClN4O2S/c23-14-7-3-5-12-13-6-4-8-15(20(13)26-19(12)14)24-18(28)10-2-1-9-17-21-16(11-30-17)25-22(29)27-21/h3,5,7,15-17,21,26H,1-2,4,6,8-11H2,(H,24,28)(H2,25,27,29)/t15-,16+,17-,21+/m1/s1. The first-order chi connectivity index (χ1) is 14.6. The molecule has 6 nitrogen and oxygen atoms in total. The zero-order chi connectivity index (χ0) is 20.7. The van der Waals surface area contributed by atoms with E-state index >= 15 is 0 Å². The Labute approximate surface area is 185 Å². The number of para-hydroxylation sites is 1. The first kappa shape index (κ1) is 20.1. The molecule has 3 aliphatic rings. The monoisotopic (exact) mass is 446 g/mol. The fourth-order valence-electron chi connectivity index (χ4n) is 5.14. The summed E-state index contributed by atoms with van der Waals surface area (Å²) in [7, 11) is 0. The number of carbonyl (C=O) groups excluding carboxylic acids is 2. The molecule has 2 aliphatic heterocycles. The van der Waals surface area contributed by atoms with Gasteiger partial charge in [0.25, 0.3) is 0 Å². The van der Waals surface area contributed by atoms with E-state index < -0.39 is 0 Å². The molecule has 160 valence electrons. The summed E-state index contributed by atoms with van der Waals surface area (Å²) in [5, 5.41) is 11.6. The van der Waals surface area contributed by atoms with Gasteiger partial charge in [0.15, 0.2) is 0 Å². The Morgan fingerprint density at radius 2 is 2.17 bits per heavy atom. The third-order valence-electron chi connectivity index (χ3n) is 6.61. The highest BCUT2D eigenvalue weighted by atomic mass is 35.5. The number of fused-ring (bicyclic) bond motifs is 4. The molecule has 0 bridgehead atoms. The molecular formula is C22H27ClN4O2S. The van der Waals surface area contributed by atoms with Gasteiger partial charge in [0, 0.05) is 28.5 Å². The molecule has 30 heavy (non-hydrogen) atoms. The Bertz CT molecular complexity index is 977. The third kappa shape index (κ3) is 3.78. The number of amides is 3. The number of aromatic nitrogens is 1. The number of benzene rings is 1. The predicted octanol–water partition coefficient (Wildman–Crippen LogP) is 4.04. The number of hydrogen-bond acceptors (Lipinski definition) is 3.